The molecule has 2 heterocycles. The van der Waals surface area contributed by atoms with Crippen molar-refractivity contribution in [2.24, 2.45) is 17.8 Å². The Bertz CT molecular complexity index is 1430. The van der Waals surface area contributed by atoms with Gasteiger partial charge in [0, 0.05) is 50.8 Å². The molecule has 0 radical (unpaired) electrons. The minimum Gasteiger partial charge on any atom is -0.344 e. The van der Waals surface area contributed by atoms with Gasteiger partial charge < -0.3 is 25.8 Å². The largest absolute Gasteiger partial charge is 0.344 e. The number of rotatable bonds is 13. The van der Waals surface area contributed by atoms with Crippen LogP contribution in [0.2, 0.25) is 0 Å². The number of aryl methyl sites for hydroxylation is 1. The number of nitrogens with zero attached hydrogens (tertiary/aromatic N) is 4. The molecule has 3 aliphatic rings. The Hall–Kier alpha value is -3.80. The summed E-state index contributed by atoms with van der Waals surface area (Å²) in [4.78, 5) is 57.2. The van der Waals surface area contributed by atoms with Crippen LogP contribution < -0.4 is 16.0 Å². The van der Waals surface area contributed by atoms with Gasteiger partial charge in [0.15, 0.2) is 0 Å². The highest BCUT2D eigenvalue weighted by molar-refractivity contribution is 6.01. The molecule has 2 saturated carbocycles. The highest BCUT2D eigenvalue weighted by Crippen LogP contribution is 2.51. The Morgan fingerprint density at radius 1 is 1.00 bits per heavy atom. The van der Waals surface area contributed by atoms with Gasteiger partial charge in [-0.15, -0.1) is 0 Å². The number of hydrogen-bond donors (Lipinski definition) is 3. The van der Waals surface area contributed by atoms with Crippen LogP contribution in [0.15, 0.2) is 30.5 Å². The molecular weight excluding hydrogens is 589 g/mol. The van der Waals surface area contributed by atoms with Crippen LogP contribution in [-0.2, 0) is 20.9 Å². The summed E-state index contributed by atoms with van der Waals surface area (Å²) in [7, 11) is 2.02. The first-order chi connectivity index (χ1) is 22.0. The molecule has 4 amide bonds. The van der Waals surface area contributed by atoms with Crippen LogP contribution in [0.4, 0.5) is 10.1 Å². The van der Waals surface area contributed by atoms with Gasteiger partial charge in [-0.3, -0.25) is 23.9 Å². The molecule has 1 saturated heterocycles. The minimum atomic E-state index is -0.864. The van der Waals surface area contributed by atoms with Crippen LogP contribution in [0, 0.1) is 23.6 Å². The Balaban J connectivity index is 1.34. The molecule has 0 unspecified atom stereocenters. The summed E-state index contributed by atoms with van der Waals surface area (Å²) in [5.74, 6) is -1.77. The molecule has 0 bridgehead atoms. The van der Waals surface area contributed by atoms with Gasteiger partial charge in [-0.2, -0.15) is 5.10 Å². The molecule has 2 aliphatic carbocycles. The van der Waals surface area contributed by atoms with Crippen molar-refractivity contribution in [1.82, 2.24) is 30.2 Å². The monoisotopic (exact) mass is 637 g/mol. The molecule has 2 aromatic rings. The lowest BCUT2D eigenvalue weighted by Gasteiger charge is -2.40. The maximum Gasteiger partial charge on any atom is 0.270 e. The van der Waals surface area contributed by atoms with Gasteiger partial charge >= 0.3 is 0 Å². The summed E-state index contributed by atoms with van der Waals surface area (Å²) < 4.78 is 17.3. The van der Waals surface area contributed by atoms with Gasteiger partial charge in [-0.25, -0.2) is 4.39 Å². The zero-order chi connectivity index (χ0) is 33.1. The number of amides is 4. The predicted octanol–water partition coefficient (Wildman–Crippen LogP) is 3.38. The van der Waals surface area contributed by atoms with Crippen molar-refractivity contribution in [3.8, 4) is 0 Å². The number of carbonyl (C=O) groups excluding carboxylic acids is 4. The van der Waals surface area contributed by atoms with E-state index in [9.17, 15) is 19.2 Å². The van der Waals surface area contributed by atoms with Crippen LogP contribution in [-0.4, -0.2) is 88.0 Å². The van der Waals surface area contributed by atoms with E-state index in [-0.39, 0.29) is 41.8 Å². The van der Waals surface area contributed by atoms with Gasteiger partial charge in [0.05, 0.1) is 5.69 Å². The third kappa shape index (κ3) is 7.59. The van der Waals surface area contributed by atoms with E-state index in [1.807, 2.05) is 14.0 Å². The van der Waals surface area contributed by atoms with Crippen molar-refractivity contribution < 1.29 is 23.6 Å². The fourth-order valence-electron chi connectivity index (χ4n) is 6.66. The van der Waals surface area contributed by atoms with E-state index in [1.165, 1.54) is 12.1 Å². The van der Waals surface area contributed by atoms with Crippen molar-refractivity contribution in [3.63, 3.8) is 0 Å². The SMILES string of the molecule is CCC(=O)N[C@@H](C(=O)N1CCN(C)[C@@H](C)C1)[C@@H](C)c1ccc(NC(=O)[C@@H](NC(=O)c2ccnn2CC)C(C2CC2)C2CC2)c(F)c1. The molecule has 250 valence electrons. The number of hydrogen-bond acceptors (Lipinski definition) is 6. The summed E-state index contributed by atoms with van der Waals surface area (Å²) in [5, 5.41) is 12.8. The normalized spacial score (nSPS) is 20.6. The summed E-state index contributed by atoms with van der Waals surface area (Å²) in [5.41, 5.74) is 0.900. The lowest BCUT2D eigenvalue weighted by molar-refractivity contribution is -0.139. The standard InChI is InChI=1S/C34H48FN7O4/c1-6-28(43)38-30(34(46)41-17-16-40(5)20(3)19-41)21(4)24-12-13-26(25(35)18-24)37-33(45)31(29(22-8-9-22)23-10-11-23)39-32(44)27-14-15-36-42(27)7-2/h12-15,18,20-23,29-31H,6-11,16-17,19H2,1-5H3,(H,37,45)(H,38,43)(H,39,44)/t20-,21-,30+,31-/m0/s1. The maximum atomic E-state index is 15.7. The van der Waals surface area contributed by atoms with E-state index >= 15 is 4.39 Å². The predicted molar refractivity (Wildman–Crippen MR) is 172 cm³/mol. The van der Waals surface area contributed by atoms with E-state index < -0.39 is 29.7 Å². The quantitative estimate of drug-likeness (QED) is 0.309. The Labute approximate surface area is 270 Å². The van der Waals surface area contributed by atoms with Crippen molar-refractivity contribution in [2.45, 2.75) is 90.4 Å². The molecule has 46 heavy (non-hydrogen) atoms. The number of benzene rings is 1. The van der Waals surface area contributed by atoms with E-state index in [1.54, 1.807) is 41.8 Å². The average Bonchev–Trinajstić information content (AvgIpc) is 4.00. The van der Waals surface area contributed by atoms with Gasteiger partial charge in [0.25, 0.3) is 5.91 Å². The van der Waals surface area contributed by atoms with Crippen molar-refractivity contribution >= 4 is 29.3 Å². The van der Waals surface area contributed by atoms with Crippen molar-refractivity contribution in [2.75, 3.05) is 32.0 Å². The molecular formula is C34H48FN7O4. The summed E-state index contributed by atoms with van der Waals surface area (Å²) in [6.45, 7) is 9.80. The summed E-state index contributed by atoms with van der Waals surface area (Å²) >= 11 is 0. The van der Waals surface area contributed by atoms with E-state index in [0.29, 0.717) is 42.7 Å². The first-order valence-corrected chi connectivity index (χ1v) is 16.7. The topological polar surface area (TPSA) is 129 Å². The molecule has 1 aliphatic heterocycles. The second-order valence-corrected chi connectivity index (χ2v) is 13.3. The van der Waals surface area contributed by atoms with Crippen molar-refractivity contribution in [1.29, 1.82) is 0 Å². The smallest absolute Gasteiger partial charge is 0.270 e. The van der Waals surface area contributed by atoms with Gasteiger partial charge in [0.2, 0.25) is 17.7 Å². The minimum absolute atomic E-state index is 0.00231. The third-order valence-corrected chi connectivity index (χ3v) is 9.99. The maximum absolute atomic E-state index is 15.7. The number of halogens is 1. The number of carbonyl (C=O) groups is 4. The molecule has 5 rings (SSSR count). The highest BCUT2D eigenvalue weighted by Gasteiger charge is 2.48. The number of piperazine rings is 1. The van der Waals surface area contributed by atoms with E-state index in [0.717, 1.165) is 32.2 Å². The molecule has 0 spiro atoms. The molecule has 11 nitrogen and oxygen atoms in total. The number of anilines is 1. The summed E-state index contributed by atoms with van der Waals surface area (Å²) in [6, 6.07) is 4.62. The molecule has 3 fully saturated rings. The van der Waals surface area contributed by atoms with E-state index in [4.69, 9.17) is 0 Å². The lowest BCUT2D eigenvalue weighted by Crippen LogP contribution is -2.58. The van der Waals surface area contributed by atoms with Crippen molar-refractivity contribution in [3.05, 3.63) is 47.5 Å². The van der Waals surface area contributed by atoms with Crippen LogP contribution in [0.1, 0.15) is 81.8 Å². The van der Waals surface area contributed by atoms with Crippen LogP contribution in [0.5, 0.6) is 0 Å². The Morgan fingerprint density at radius 3 is 2.28 bits per heavy atom. The van der Waals surface area contributed by atoms with Gasteiger partial charge in [-0.1, -0.05) is 19.9 Å². The lowest BCUT2D eigenvalue weighted by atomic mass is 9.88. The third-order valence-electron chi connectivity index (χ3n) is 9.99. The zero-order valence-corrected chi connectivity index (χ0v) is 27.6. The number of likely N-dealkylation sites (N-methyl/N-ethyl adjacent to an activating group) is 1. The van der Waals surface area contributed by atoms with Gasteiger partial charge in [-0.05, 0) is 88.1 Å². The first-order valence-electron chi connectivity index (χ1n) is 16.7. The number of nitrogens with one attached hydrogen (secondary N) is 3. The average molecular weight is 638 g/mol. The number of aromatic nitrogens is 2. The summed E-state index contributed by atoms with van der Waals surface area (Å²) in [6.07, 6.45) is 5.82. The second-order valence-electron chi connectivity index (χ2n) is 13.3. The molecule has 3 N–H and O–H groups in total. The first kappa shape index (κ1) is 33.6. The molecule has 1 aromatic carbocycles. The fourth-order valence-corrected chi connectivity index (χ4v) is 6.66. The molecule has 1 aromatic heterocycles. The zero-order valence-electron chi connectivity index (χ0n) is 27.6. The Kier molecular flexibility index (Phi) is 10.4. The highest BCUT2D eigenvalue weighted by atomic mass is 19.1. The second kappa shape index (κ2) is 14.3. The van der Waals surface area contributed by atoms with Crippen LogP contribution >= 0.6 is 0 Å². The van der Waals surface area contributed by atoms with Gasteiger partial charge in [0.1, 0.15) is 23.6 Å². The molecule has 12 heteroatoms. The van der Waals surface area contributed by atoms with E-state index in [2.05, 4.69) is 32.9 Å². The van der Waals surface area contributed by atoms with Crippen LogP contribution in [0.3, 0.4) is 0 Å². The molecule has 4 atom stereocenters. The van der Waals surface area contributed by atoms with Crippen LogP contribution in [0.25, 0.3) is 0 Å². The Morgan fingerprint density at radius 2 is 1.70 bits per heavy atom. The fraction of sp³-hybridized carbons (Fsp3) is 0.618.